The van der Waals surface area contributed by atoms with Crippen LogP contribution in [0.5, 0.6) is 0 Å². The van der Waals surface area contributed by atoms with Crippen molar-refractivity contribution in [2.75, 3.05) is 20.5 Å². The van der Waals surface area contributed by atoms with Gasteiger partial charge in [-0.3, -0.25) is 0 Å². The van der Waals surface area contributed by atoms with Gasteiger partial charge in [0.25, 0.3) is 0 Å². The molecule has 0 saturated heterocycles. The van der Waals surface area contributed by atoms with E-state index in [0.29, 0.717) is 12.8 Å². The van der Waals surface area contributed by atoms with Crippen LogP contribution in [0.4, 0.5) is 0 Å². The lowest BCUT2D eigenvalue weighted by Crippen LogP contribution is -2.15. The molecule has 0 aromatic rings. The molecule has 0 radical (unpaired) electrons. The Labute approximate surface area is 67.3 Å². The van der Waals surface area contributed by atoms with Gasteiger partial charge in [0, 0.05) is 20.1 Å². The molecule has 64 valence electrons. The van der Waals surface area contributed by atoms with Crippen LogP contribution in [-0.4, -0.2) is 31.7 Å². The monoisotopic (exact) mass is 158 g/mol. The molecule has 0 bridgehead atoms. The second kappa shape index (κ2) is 7.55. The second-order valence-corrected chi connectivity index (χ2v) is 2.12. The van der Waals surface area contributed by atoms with Gasteiger partial charge >= 0.3 is 0 Å². The molecule has 0 saturated carbocycles. The SMILES string of the molecule is C#CC[C@@H](CCO)OCOC. The Balaban J connectivity index is 3.44. The fourth-order valence-electron chi connectivity index (χ4n) is 0.684. The van der Waals surface area contributed by atoms with E-state index in [0.717, 1.165) is 0 Å². The molecule has 0 aliphatic carbocycles. The number of aliphatic hydroxyl groups excluding tert-OH is 1. The molecule has 0 spiro atoms. The van der Waals surface area contributed by atoms with E-state index >= 15 is 0 Å². The van der Waals surface area contributed by atoms with Crippen LogP contribution in [0, 0.1) is 12.3 Å². The summed E-state index contributed by atoms with van der Waals surface area (Å²) >= 11 is 0. The van der Waals surface area contributed by atoms with Crippen LogP contribution in [-0.2, 0) is 9.47 Å². The van der Waals surface area contributed by atoms with Crippen molar-refractivity contribution in [1.82, 2.24) is 0 Å². The maximum absolute atomic E-state index is 8.57. The summed E-state index contributed by atoms with van der Waals surface area (Å²) in [5.74, 6) is 2.47. The summed E-state index contributed by atoms with van der Waals surface area (Å²) in [7, 11) is 1.55. The topological polar surface area (TPSA) is 38.7 Å². The molecule has 1 N–H and O–H groups in total. The Morgan fingerprint density at radius 1 is 1.64 bits per heavy atom. The van der Waals surface area contributed by atoms with E-state index in [2.05, 4.69) is 5.92 Å². The van der Waals surface area contributed by atoms with Crippen LogP contribution in [0.2, 0.25) is 0 Å². The van der Waals surface area contributed by atoms with Crippen molar-refractivity contribution in [1.29, 1.82) is 0 Å². The Morgan fingerprint density at radius 2 is 2.36 bits per heavy atom. The van der Waals surface area contributed by atoms with Gasteiger partial charge in [-0.05, 0) is 6.42 Å². The fraction of sp³-hybridized carbons (Fsp3) is 0.750. The lowest BCUT2D eigenvalue weighted by atomic mass is 10.2. The third-order valence-corrected chi connectivity index (χ3v) is 1.22. The first-order valence-electron chi connectivity index (χ1n) is 3.50. The van der Waals surface area contributed by atoms with Gasteiger partial charge in [0.05, 0.1) is 6.10 Å². The van der Waals surface area contributed by atoms with Crippen LogP contribution < -0.4 is 0 Å². The minimum Gasteiger partial charge on any atom is -0.396 e. The van der Waals surface area contributed by atoms with Crippen molar-refractivity contribution in [3.05, 3.63) is 0 Å². The molecule has 0 rings (SSSR count). The van der Waals surface area contributed by atoms with E-state index in [1.165, 1.54) is 0 Å². The van der Waals surface area contributed by atoms with E-state index in [4.69, 9.17) is 21.0 Å². The highest BCUT2D eigenvalue weighted by atomic mass is 16.7. The molecule has 0 aliphatic rings. The smallest absolute Gasteiger partial charge is 0.146 e. The average Bonchev–Trinajstić information content (AvgIpc) is 2.01. The Kier molecular flexibility index (Phi) is 7.16. The third-order valence-electron chi connectivity index (χ3n) is 1.22. The molecule has 3 heteroatoms. The van der Waals surface area contributed by atoms with Crippen LogP contribution >= 0.6 is 0 Å². The highest BCUT2D eigenvalue weighted by Crippen LogP contribution is 2.01. The highest BCUT2D eigenvalue weighted by molar-refractivity contribution is 4.87. The number of ether oxygens (including phenoxy) is 2. The number of rotatable bonds is 6. The number of hydrogen-bond donors (Lipinski definition) is 1. The van der Waals surface area contributed by atoms with E-state index in [9.17, 15) is 0 Å². The van der Waals surface area contributed by atoms with Gasteiger partial charge < -0.3 is 14.6 Å². The number of methoxy groups -OCH3 is 1. The molecular formula is C8H14O3. The van der Waals surface area contributed by atoms with Gasteiger partial charge in [0.1, 0.15) is 6.79 Å². The molecule has 11 heavy (non-hydrogen) atoms. The first-order valence-corrected chi connectivity index (χ1v) is 3.50. The Bertz CT molecular complexity index is 117. The summed E-state index contributed by atoms with van der Waals surface area (Å²) in [4.78, 5) is 0. The molecule has 0 aliphatic heterocycles. The van der Waals surface area contributed by atoms with Crippen molar-refractivity contribution < 1.29 is 14.6 Å². The molecule has 0 aromatic heterocycles. The standard InChI is InChI=1S/C8H14O3/c1-3-4-8(5-6-9)11-7-10-2/h1,8-9H,4-7H2,2H3/t8-/m0/s1. The first-order chi connectivity index (χ1) is 5.35. The van der Waals surface area contributed by atoms with Gasteiger partial charge in [0.15, 0.2) is 0 Å². The maximum Gasteiger partial charge on any atom is 0.146 e. The molecule has 1 atom stereocenters. The van der Waals surface area contributed by atoms with E-state index in [-0.39, 0.29) is 19.5 Å². The van der Waals surface area contributed by atoms with Crippen molar-refractivity contribution >= 4 is 0 Å². The normalized spacial score (nSPS) is 12.5. The largest absolute Gasteiger partial charge is 0.396 e. The molecular weight excluding hydrogens is 144 g/mol. The van der Waals surface area contributed by atoms with E-state index in [1.807, 2.05) is 0 Å². The van der Waals surface area contributed by atoms with Gasteiger partial charge in [-0.2, -0.15) is 0 Å². The maximum atomic E-state index is 8.57. The van der Waals surface area contributed by atoms with Crippen LogP contribution in [0.25, 0.3) is 0 Å². The Morgan fingerprint density at radius 3 is 2.82 bits per heavy atom. The predicted molar refractivity (Wildman–Crippen MR) is 41.9 cm³/mol. The van der Waals surface area contributed by atoms with Crippen LogP contribution in [0.1, 0.15) is 12.8 Å². The molecule has 0 heterocycles. The predicted octanol–water partition coefficient (Wildman–Crippen LogP) is 0.381. The Hall–Kier alpha value is -0.560. The van der Waals surface area contributed by atoms with Crippen LogP contribution in [0.15, 0.2) is 0 Å². The molecule has 0 unspecified atom stereocenters. The minimum atomic E-state index is -0.0788. The van der Waals surface area contributed by atoms with Crippen LogP contribution in [0.3, 0.4) is 0 Å². The molecule has 0 amide bonds. The zero-order chi connectivity index (χ0) is 8.53. The van der Waals surface area contributed by atoms with Gasteiger partial charge in [-0.15, -0.1) is 12.3 Å². The fourth-order valence-corrected chi connectivity index (χ4v) is 0.684. The minimum absolute atomic E-state index is 0.0788. The van der Waals surface area contributed by atoms with Gasteiger partial charge in [-0.25, -0.2) is 0 Å². The summed E-state index contributed by atoms with van der Waals surface area (Å²) in [6.07, 6.45) is 6.08. The van der Waals surface area contributed by atoms with Crippen molar-refractivity contribution in [3.8, 4) is 12.3 Å². The van der Waals surface area contributed by atoms with Gasteiger partial charge in [-0.1, -0.05) is 0 Å². The van der Waals surface area contributed by atoms with E-state index < -0.39 is 0 Å². The summed E-state index contributed by atoms with van der Waals surface area (Å²) in [5, 5.41) is 8.57. The summed E-state index contributed by atoms with van der Waals surface area (Å²) in [6, 6.07) is 0. The molecule has 0 fully saturated rings. The average molecular weight is 158 g/mol. The summed E-state index contributed by atoms with van der Waals surface area (Å²) in [6.45, 7) is 0.322. The third kappa shape index (κ3) is 5.86. The molecule has 3 nitrogen and oxygen atoms in total. The summed E-state index contributed by atoms with van der Waals surface area (Å²) < 4.78 is 9.84. The molecule has 0 aromatic carbocycles. The van der Waals surface area contributed by atoms with Crippen molar-refractivity contribution in [2.45, 2.75) is 18.9 Å². The van der Waals surface area contributed by atoms with Crippen molar-refractivity contribution in [2.24, 2.45) is 0 Å². The number of aliphatic hydroxyl groups is 1. The van der Waals surface area contributed by atoms with Crippen molar-refractivity contribution in [3.63, 3.8) is 0 Å². The summed E-state index contributed by atoms with van der Waals surface area (Å²) in [5.41, 5.74) is 0. The number of terminal acetylenes is 1. The van der Waals surface area contributed by atoms with Gasteiger partial charge in [0.2, 0.25) is 0 Å². The zero-order valence-electron chi connectivity index (χ0n) is 6.75. The lowest BCUT2D eigenvalue weighted by Gasteiger charge is -2.12. The second-order valence-electron chi connectivity index (χ2n) is 2.12. The quantitative estimate of drug-likeness (QED) is 0.448. The lowest BCUT2D eigenvalue weighted by molar-refractivity contribution is -0.0754. The number of hydrogen-bond acceptors (Lipinski definition) is 3. The first kappa shape index (κ1) is 10.4. The highest BCUT2D eigenvalue weighted by Gasteiger charge is 2.05. The van der Waals surface area contributed by atoms with E-state index in [1.54, 1.807) is 7.11 Å². The zero-order valence-corrected chi connectivity index (χ0v) is 6.75.